The Morgan fingerprint density at radius 3 is 2.96 bits per heavy atom. The standard InChI is InChI=1S/C17H19F3N2O3/c18-12-6-10(3-4-13(12)25-16(19)20)7-14(23)21-9-17-5-1-2-11(8-17)15(24)22-17/h3-4,6,11,16H,1-2,5,7-9H2,(H,21,23)(H,22,24). The highest BCUT2D eigenvalue weighted by atomic mass is 19.3. The third kappa shape index (κ3) is 4.05. The topological polar surface area (TPSA) is 67.4 Å². The predicted octanol–water partition coefficient (Wildman–Crippen LogP) is 2.14. The van der Waals surface area contributed by atoms with Gasteiger partial charge in [-0.3, -0.25) is 9.59 Å². The maximum absolute atomic E-state index is 13.7. The molecule has 0 radical (unpaired) electrons. The molecule has 2 atom stereocenters. The molecule has 2 aliphatic rings. The van der Waals surface area contributed by atoms with Crippen LogP contribution in [0.25, 0.3) is 0 Å². The van der Waals surface area contributed by atoms with E-state index in [2.05, 4.69) is 15.4 Å². The molecule has 3 rings (SSSR count). The number of fused-ring (bicyclic) bond motifs is 2. The first-order chi connectivity index (χ1) is 11.9. The SMILES string of the molecule is O=C(Cc1ccc(OC(F)F)c(F)c1)NCC12CCCC(C1)C(=O)N2. The minimum absolute atomic E-state index is 0.0297. The quantitative estimate of drug-likeness (QED) is 0.821. The van der Waals surface area contributed by atoms with Crippen LogP contribution in [0.2, 0.25) is 0 Å². The number of halogens is 3. The first kappa shape index (κ1) is 17.6. The second kappa shape index (κ2) is 6.93. The van der Waals surface area contributed by atoms with Crippen LogP contribution in [0.5, 0.6) is 5.75 Å². The van der Waals surface area contributed by atoms with Crippen molar-refractivity contribution in [1.82, 2.24) is 10.6 Å². The number of carbonyl (C=O) groups excluding carboxylic acids is 2. The predicted molar refractivity (Wildman–Crippen MR) is 82.6 cm³/mol. The van der Waals surface area contributed by atoms with Gasteiger partial charge in [-0.2, -0.15) is 8.78 Å². The summed E-state index contributed by atoms with van der Waals surface area (Å²) >= 11 is 0. The first-order valence-electron chi connectivity index (χ1n) is 8.19. The fourth-order valence-electron chi connectivity index (χ4n) is 3.63. The molecular weight excluding hydrogens is 337 g/mol. The lowest BCUT2D eigenvalue weighted by Gasteiger charge is -2.32. The van der Waals surface area contributed by atoms with Crippen molar-refractivity contribution < 1.29 is 27.5 Å². The number of hydrogen-bond acceptors (Lipinski definition) is 3. The van der Waals surface area contributed by atoms with Crippen LogP contribution in [0.4, 0.5) is 13.2 Å². The molecule has 2 bridgehead atoms. The van der Waals surface area contributed by atoms with Crippen molar-refractivity contribution in [3.63, 3.8) is 0 Å². The highest BCUT2D eigenvalue weighted by molar-refractivity contribution is 5.83. The van der Waals surface area contributed by atoms with Crippen LogP contribution >= 0.6 is 0 Å². The highest BCUT2D eigenvalue weighted by Crippen LogP contribution is 2.37. The number of rotatable bonds is 6. The highest BCUT2D eigenvalue weighted by Gasteiger charge is 2.46. The Kier molecular flexibility index (Phi) is 4.87. The van der Waals surface area contributed by atoms with E-state index < -0.39 is 18.2 Å². The molecule has 1 saturated heterocycles. The van der Waals surface area contributed by atoms with Gasteiger partial charge in [-0.15, -0.1) is 0 Å². The molecule has 2 unspecified atom stereocenters. The molecule has 1 aromatic rings. The fraction of sp³-hybridized carbons (Fsp3) is 0.529. The number of carbonyl (C=O) groups is 2. The summed E-state index contributed by atoms with van der Waals surface area (Å²) in [6.07, 6.45) is 3.29. The molecule has 1 aromatic carbocycles. The average molecular weight is 356 g/mol. The number of benzene rings is 1. The van der Waals surface area contributed by atoms with Crippen LogP contribution in [0.15, 0.2) is 18.2 Å². The number of hydrogen-bond donors (Lipinski definition) is 2. The van der Waals surface area contributed by atoms with Crippen molar-refractivity contribution in [1.29, 1.82) is 0 Å². The van der Waals surface area contributed by atoms with E-state index in [4.69, 9.17) is 0 Å². The zero-order valence-electron chi connectivity index (χ0n) is 13.5. The number of amides is 2. The summed E-state index contributed by atoms with van der Waals surface area (Å²) in [6.45, 7) is -2.77. The van der Waals surface area contributed by atoms with Gasteiger partial charge in [0, 0.05) is 12.5 Å². The third-order valence-corrected chi connectivity index (χ3v) is 4.81. The van der Waals surface area contributed by atoms with Gasteiger partial charge in [0.2, 0.25) is 11.8 Å². The Hall–Kier alpha value is -2.25. The smallest absolute Gasteiger partial charge is 0.387 e. The molecule has 1 saturated carbocycles. The zero-order valence-corrected chi connectivity index (χ0v) is 13.5. The normalized spacial score (nSPS) is 25.0. The Morgan fingerprint density at radius 2 is 2.24 bits per heavy atom. The van der Waals surface area contributed by atoms with Gasteiger partial charge >= 0.3 is 6.61 Å². The maximum atomic E-state index is 13.7. The molecule has 0 spiro atoms. The lowest BCUT2D eigenvalue weighted by atomic mass is 9.80. The minimum atomic E-state index is -3.11. The molecule has 25 heavy (non-hydrogen) atoms. The van der Waals surface area contributed by atoms with Gasteiger partial charge in [0.25, 0.3) is 0 Å². The van der Waals surface area contributed by atoms with Crippen molar-refractivity contribution in [2.24, 2.45) is 5.92 Å². The minimum Gasteiger partial charge on any atom is -0.432 e. The molecule has 136 valence electrons. The van der Waals surface area contributed by atoms with E-state index in [0.717, 1.165) is 37.8 Å². The lowest BCUT2D eigenvalue weighted by Crippen LogP contribution is -2.51. The van der Waals surface area contributed by atoms with E-state index in [1.807, 2.05) is 0 Å². The monoisotopic (exact) mass is 356 g/mol. The largest absolute Gasteiger partial charge is 0.432 e. The molecule has 1 aliphatic carbocycles. The summed E-state index contributed by atoms with van der Waals surface area (Å²) in [5.74, 6) is -1.74. The average Bonchev–Trinajstić information content (AvgIpc) is 2.77. The van der Waals surface area contributed by atoms with E-state index in [1.165, 1.54) is 6.07 Å². The molecule has 2 N–H and O–H groups in total. The molecule has 8 heteroatoms. The number of nitrogens with one attached hydrogen (secondary N) is 2. The Morgan fingerprint density at radius 1 is 1.44 bits per heavy atom. The van der Waals surface area contributed by atoms with Gasteiger partial charge in [-0.1, -0.05) is 12.5 Å². The molecule has 2 amide bonds. The third-order valence-electron chi connectivity index (χ3n) is 4.81. The summed E-state index contributed by atoms with van der Waals surface area (Å²) in [5.41, 5.74) is -0.0262. The Bertz CT molecular complexity index is 683. The van der Waals surface area contributed by atoms with Crippen molar-refractivity contribution >= 4 is 11.8 Å². The second-order valence-corrected chi connectivity index (χ2v) is 6.66. The van der Waals surface area contributed by atoms with Gasteiger partial charge in [0.05, 0.1) is 12.0 Å². The van der Waals surface area contributed by atoms with Crippen molar-refractivity contribution in [3.8, 4) is 5.75 Å². The van der Waals surface area contributed by atoms with Crippen molar-refractivity contribution in [2.75, 3.05) is 6.54 Å². The molecular formula is C17H19F3N2O3. The van der Waals surface area contributed by atoms with Gasteiger partial charge in [0.15, 0.2) is 11.6 Å². The van der Waals surface area contributed by atoms with Crippen LogP contribution in [-0.2, 0) is 16.0 Å². The summed E-state index contributed by atoms with van der Waals surface area (Å²) in [4.78, 5) is 23.9. The van der Waals surface area contributed by atoms with E-state index in [1.54, 1.807) is 0 Å². The van der Waals surface area contributed by atoms with E-state index in [-0.39, 0.29) is 29.7 Å². The van der Waals surface area contributed by atoms with E-state index in [0.29, 0.717) is 12.1 Å². The summed E-state index contributed by atoms with van der Waals surface area (Å²) in [6, 6.07) is 3.45. The van der Waals surface area contributed by atoms with Crippen molar-refractivity contribution in [2.45, 2.75) is 44.3 Å². The lowest BCUT2D eigenvalue weighted by molar-refractivity contribution is -0.123. The summed E-state index contributed by atoms with van der Waals surface area (Å²) < 4.78 is 41.9. The van der Waals surface area contributed by atoms with Gasteiger partial charge in [0.1, 0.15) is 0 Å². The molecule has 0 aromatic heterocycles. The van der Waals surface area contributed by atoms with Crippen molar-refractivity contribution in [3.05, 3.63) is 29.6 Å². The first-order valence-corrected chi connectivity index (χ1v) is 8.19. The second-order valence-electron chi connectivity index (χ2n) is 6.66. The van der Waals surface area contributed by atoms with Crippen LogP contribution in [-0.4, -0.2) is 30.5 Å². The molecule has 2 fully saturated rings. The fourth-order valence-corrected chi connectivity index (χ4v) is 3.63. The van der Waals surface area contributed by atoms with Gasteiger partial charge in [-0.05, 0) is 37.0 Å². The Labute approximate surface area is 142 Å². The van der Waals surface area contributed by atoms with Gasteiger partial charge in [-0.25, -0.2) is 4.39 Å². The number of ether oxygens (including phenoxy) is 1. The maximum Gasteiger partial charge on any atom is 0.387 e. The van der Waals surface area contributed by atoms with Crippen LogP contribution in [0.3, 0.4) is 0 Å². The van der Waals surface area contributed by atoms with Gasteiger partial charge < -0.3 is 15.4 Å². The molecule has 1 aliphatic heterocycles. The van der Waals surface area contributed by atoms with E-state index >= 15 is 0 Å². The van der Waals surface area contributed by atoms with Crippen LogP contribution < -0.4 is 15.4 Å². The van der Waals surface area contributed by atoms with E-state index in [9.17, 15) is 22.8 Å². The van der Waals surface area contributed by atoms with Crippen LogP contribution in [0, 0.1) is 11.7 Å². The molecule has 5 nitrogen and oxygen atoms in total. The zero-order chi connectivity index (χ0) is 18.0. The number of alkyl halides is 2. The Balaban J connectivity index is 1.54. The molecule has 1 heterocycles. The van der Waals surface area contributed by atoms with Crippen LogP contribution in [0.1, 0.15) is 31.2 Å². The summed E-state index contributed by atoms with van der Waals surface area (Å²) in [7, 11) is 0. The summed E-state index contributed by atoms with van der Waals surface area (Å²) in [5, 5.41) is 5.76.